The zero-order valence-electron chi connectivity index (χ0n) is 17.6. The number of rotatable bonds is 8. The minimum absolute atomic E-state index is 0.0731. The number of hydrogen-bond donors (Lipinski definition) is 2. The lowest BCUT2D eigenvalue weighted by Crippen LogP contribution is -2.41. The standard InChI is InChI=1S/C21H30N4O3S/c1-16-10-6-8-12-19(16)28-17(2)14-23-21(22-3)24-15-18-11-7-9-13-20(18)29(26,27)25(4)5/h6-13,17H,14-15H2,1-5H3,(H2,22,23,24). The highest BCUT2D eigenvalue weighted by Gasteiger charge is 2.20. The fourth-order valence-electron chi connectivity index (χ4n) is 2.69. The predicted molar refractivity (Wildman–Crippen MR) is 117 cm³/mol. The summed E-state index contributed by atoms with van der Waals surface area (Å²) < 4.78 is 32.2. The summed E-state index contributed by atoms with van der Waals surface area (Å²) in [7, 11) is 1.21. The topological polar surface area (TPSA) is 83.0 Å². The fraction of sp³-hybridized carbons (Fsp3) is 0.381. The second kappa shape index (κ2) is 10.3. The number of hydrogen-bond acceptors (Lipinski definition) is 4. The van der Waals surface area contributed by atoms with Crippen molar-refractivity contribution >= 4 is 16.0 Å². The van der Waals surface area contributed by atoms with Gasteiger partial charge in [0.15, 0.2) is 5.96 Å². The van der Waals surface area contributed by atoms with Crippen molar-refractivity contribution in [3.05, 3.63) is 59.7 Å². The average Bonchev–Trinajstić information content (AvgIpc) is 2.70. The number of guanidine groups is 1. The molecule has 2 aromatic carbocycles. The lowest BCUT2D eigenvalue weighted by molar-refractivity contribution is 0.222. The van der Waals surface area contributed by atoms with Gasteiger partial charge in [0.1, 0.15) is 11.9 Å². The Morgan fingerprint density at radius 1 is 1.10 bits per heavy atom. The number of benzene rings is 2. The molecule has 0 radical (unpaired) electrons. The zero-order valence-corrected chi connectivity index (χ0v) is 18.5. The van der Waals surface area contributed by atoms with E-state index in [1.165, 1.54) is 18.4 Å². The molecule has 0 saturated carbocycles. The number of ether oxygens (including phenoxy) is 1. The van der Waals surface area contributed by atoms with Gasteiger partial charge in [0.2, 0.25) is 10.0 Å². The molecule has 1 atom stereocenters. The third-order valence-electron chi connectivity index (χ3n) is 4.38. The Bertz CT molecular complexity index is 942. The molecule has 0 aromatic heterocycles. The largest absolute Gasteiger partial charge is 0.489 e. The molecule has 0 amide bonds. The van der Waals surface area contributed by atoms with Crippen LogP contribution >= 0.6 is 0 Å². The van der Waals surface area contributed by atoms with Crippen molar-refractivity contribution in [2.75, 3.05) is 27.7 Å². The van der Waals surface area contributed by atoms with Crippen LogP contribution in [0.3, 0.4) is 0 Å². The molecule has 0 saturated heterocycles. The zero-order chi connectivity index (χ0) is 21.4. The first-order chi connectivity index (χ1) is 13.8. The van der Waals surface area contributed by atoms with Crippen molar-refractivity contribution in [3.63, 3.8) is 0 Å². The van der Waals surface area contributed by atoms with Gasteiger partial charge in [-0.15, -0.1) is 0 Å². The van der Waals surface area contributed by atoms with Gasteiger partial charge in [0.25, 0.3) is 0 Å². The molecule has 29 heavy (non-hydrogen) atoms. The number of sulfonamides is 1. The molecule has 7 nitrogen and oxygen atoms in total. The summed E-state index contributed by atoms with van der Waals surface area (Å²) >= 11 is 0. The van der Waals surface area contributed by atoms with Crippen LogP contribution in [-0.2, 0) is 16.6 Å². The third kappa shape index (κ3) is 6.20. The normalized spacial score (nSPS) is 13.2. The molecule has 1 unspecified atom stereocenters. The van der Waals surface area contributed by atoms with Crippen LogP contribution in [0.4, 0.5) is 0 Å². The molecule has 0 aliphatic carbocycles. The number of nitrogens with one attached hydrogen (secondary N) is 2. The van der Waals surface area contributed by atoms with Crippen LogP contribution in [0.15, 0.2) is 58.4 Å². The van der Waals surface area contributed by atoms with Crippen LogP contribution in [0, 0.1) is 6.92 Å². The minimum atomic E-state index is -3.51. The van der Waals surface area contributed by atoms with Crippen molar-refractivity contribution in [2.24, 2.45) is 4.99 Å². The average molecular weight is 419 g/mol. The highest BCUT2D eigenvalue weighted by Crippen LogP contribution is 2.19. The second-order valence-electron chi connectivity index (χ2n) is 6.90. The van der Waals surface area contributed by atoms with E-state index in [0.29, 0.717) is 24.6 Å². The van der Waals surface area contributed by atoms with Crippen molar-refractivity contribution < 1.29 is 13.2 Å². The summed E-state index contributed by atoms with van der Waals surface area (Å²) in [6.45, 7) is 4.86. The molecule has 2 rings (SSSR count). The van der Waals surface area contributed by atoms with E-state index >= 15 is 0 Å². The van der Waals surface area contributed by atoms with Gasteiger partial charge in [-0.2, -0.15) is 0 Å². The van der Waals surface area contributed by atoms with E-state index in [1.807, 2.05) is 44.2 Å². The molecule has 0 spiro atoms. The van der Waals surface area contributed by atoms with Crippen LogP contribution in [0.5, 0.6) is 5.75 Å². The van der Waals surface area contributed by atoms with Gasteiger partial charge in [0.05, 0.1) is 11.4 Å². The van der Waals surface area contributed by atoms with Crippen molar-refractivity contribution in [1.29, 1.82) is 0 Å². The van der Waals surface area contributed by atoms with E-state index in [1.54, 1.807) is 25.2 Å². The molecule has 2 N–H and O–H groups in total. The molecule has 158 valence electrons. The van der Waals surface area contributed by atoms with Gasteiger partial charge in [-0.3, -0.25) is 4.99 Å². The SMILES string of the molecule is CN=C(NCc1ccccc1S(=O)(=O)N(C)C)NCC(C)Oc1ccccc1C. The van der Waals surface area contributed by atoms with E-state index in [2.05, 4.69) is 15.6 Å². The van der Waals surface area contributed by atoms with Gasteiger partial charge in [0, 0.05) is 27.7 Å². The number of aryl methyl sites for hydroxylation is 1. The fourth-order valence-corrected chi connectivity index (χ4v) is 3.80. The Morgan fingerprint density at radius 2 is 1.76 bits per heavy atom. The quantitative estimate of drug-likeness (QED) is 0.508. The molecule has 0 fully saturated rings. The number of para-hydroxylation sites is 1. The Morgan fingerprint density at radius 3 is 2.41 bits per heavy atom. The van der Waals surface area contributed by atoms with E-state index in [4.69, 9.17) is 4.74 Å². The molecule has 0 bridgehead atoms. The van der Waals surface area contributed by atoms with Gasteiger partial charge in [-0.05, 0) is 37.1 Å². The van der Waals surface area contributed by atoms with Crippen molar-refractivity contribution in [2.45, 2.75) is 31.4 Å². The molecule has 2 aromatic rings. The first-order valence-electron chi connectivity index (χ1n) is 9.43. The predicted octanol–water partition coefficient (Wildman–Crippen LogP) is 2.38. The third-order valence-corrected chi connectivity index (χ3v) is 6.30. The van der Waals surface area contributed by atoms with E-state index < -0.39 is 10.0 Å². The van der Waals surface area contributed by atoms with Crippen LogP contribution in [0.2, 0.25) is 0 Å². The second-order valence-corrected chi connectivity index (χ2v) is 9.02. The summed E-state index contributed by atoms with van der Waals surface area (Å²) in [6.07, 6.45) is -0.0731. The molecule has 0 heterocycles. The highest BCUT2D eigenvalue weighted by atomic mass is 32.2. The highest BCUT2D eigenvalue weighted by molar-refractivity contribution is 7.89. The van der Waals surface area contributed by atoms with Crippen LogP contribution in [0.1, 0.15) is 18.1 Å². The Balaban J connectivity index is 1.96. The monoisotopic (exact) mass is 418 g/mol. The Kier molecular flexibility index (Phi) is 8.04. The van der Waals surface area contributed by atoms with Gasteiger partial charge >= 0.3 is 0 Å². The molecular formula is C21H30N4O3S. The van der Waals surface area contributed by atoms with Gasteiger partial charge < -0.3 is 15.4 Å². The first-order valence-corrected chi connectivity index (χ1v) is 10.9. The van der Waals surface area contributed by atoms with E-state index in [-0.39, 0.29) is 11.0 Å². The smallest absolute Gasteiger partial charge is 0.242 e. The maximum absolute atomic E-state index is 12.5. The van der Waals surface area contributed by atoms with Crippen LogP contribution in [0.25, 0.3) is 0 Å². The lowest BCUT2D eigenvalue weighted by atomic mass is 10.2. The first kappa shape index (κ1) is 22.7. The van der Waals surface area contributed by atoms with Crippen molar-refractivity contribution in [1.82, 2.24) is 14.9 Å². The summed E-state index contributed by atoms with van der Waals surface area (Å²) in [5.74, 6) is 1.43. The lowest BCUT2D eigenvalue weighted by Gasteiger charge is -2.19. The summed E-state index contributed by atoms with van der Waals surface area (Å²) in [4.78, 5) is 4.49. The van der Waals surface area contributed by atoms with Crippen LogP contribution in [-0.4, -0.2) is 52.5 Å². The maximum Gasteiger partial charge on any atom is 0.242 e. The van der Waals surface area contributed by atoms with E-state index in [9.17, 15) is 8.42 Å². The van der Waals surface area contributed by atoms with Crippen LogP contribution < -0.4 is 15.4 Å². The summed E-state index contributed by atoms with van der Waals surface area (Å²) in [5.41, 5.74) is 1.76. The molecule has 0 aliphatic heterocycles. The number of aliphatic imine (C=N–C) groups is 1. The maximum atomic E-state index is 12.5. The summed E-state index contributed by atoms with van der Waals surface area (Å²) in [5, 5.41) is 6.38. The molecule has 8 heteroatoms. The summed E-state index contributed by atoms with van der Waals surface area (Å²) in [6, 6.07) is 14.8. The molecular weight excluding hydrogens is 388 g/mol. The Labute approximate surface area is 173 Å². The number of nitrogens with zero attached hydrogens (tertiary/aromatic N) is 2. The van der Waals surface area contributed by atoms with Crippen molar-refractivity contribution in [3.8, 4) is 5.75 Å². The molecule has 0 aliphatic rings. The van der Waals surface area contributed by atoms with Gasteiger partial charge in [-0.1, -0.05) is 36.4 Å². The van der Waals surface area contributed by atoms with E-state index in [0.717, 1.165) is 11.3 Å². The Hall–Kier alpha value is -2.58. The van der Waals surface area contributed by atoms with Gasteiger partial charge in [-0.25, -0.2) is 12.7 Å². The minimum Gasteiger partial charge on any atom is -0.489 e.